The van der Waals surface area contributed by atoms with E-state index >= 15 is 0 Å². The highest BCUT2D eigenvalue weighted by Gasteiger charge is 2.06. The van der Waals surface area contributed by atoms with E-state index in [-0.39, 0.29) is 0 Å². The van der Waals surface area contributed by atoms with E-state index in [0.717, 1.165) is 38.1 Å². The van der Waals surface area contributed by atoms with Gasteiger partial charge in [0.1, 0.15) is 0 Å². The molecule has 1 unspecified atom stereocenters. The number of hydrogen-bond acceptors (Lipinski definition) is 2. The first-order valence-electron chi connectivity index (χ1n) is 8.19. The van der Waals surface area contributed by atoms with Crippen LogP contribution in [0.15, 0.2) is 23.5 Å². The lowest BCUT2D eigenvalue weighted by Crippen LogP contribution is -2.40. The highest BCUT2D eigenvalue weighted by Crippen LogP contribution is 2.05. The molecule has 1 atom stereocenters. The van der Waals surface area contributed by atoms with Gasteiger partial charge in [-0.25, -0.2) is 0 Å². The van der Waals surface area contributed by atoms with Crippen LogP contribution in [0.25, 0.3) is 0 Å². The largest absolute Gasteiger partial charge is 0.357 e. The van der Waals surface area contributed by atoms with Crippen molar-refractivity contribution in [1.82, 2.24) is 20.4 Å². The summed E-state index contributed by atoms with van der Waals surface area (Å²) in [7, 11) is 0. The maximum absolute atomic E-state index is 4.69. The van der Waals surface area contributed by atoms with Gasteiger partial charge in [-0.15, -0.1) is 0 Å². The number of hydrogen-bond donors (Lipinski definition) is 2. The number of aromatic nitrogens is 2. The Bertz CT molecular complexity index is 381. The van der Waals surface area contributed by atoms with E-state index in [4.69, 9.17) is 0 Å². The first kappa shape index (κ1) is 17.5. The van der Waals surface area contributed by atoms with E-state index in [1.807, 2.05) is 23.1 Å². The Hall–Kier alpha value is -1.52. The molecule has 1 aromatic rings. The third kappa shape index (κ3) is 7.16. The Kier molecular flexibility index (Phi) is 8.55. The van der Waals surface area contributed by atoms with Crippen molar-refractivity contribution >= 4 is 5.96 Å². The molecule has 0 saturated carbocycles. The van der Waals surface area contributed by atoms with Crippen molar-refractivity contribution in [3.05, 3.63) is 18.5 Å². The van der Waals surface area contributed by atoms with Crippen LogP contribution in [-0.2, 0) is 6.54 Å². The van der Waals surface area contributed by atoms with Crippen molar-refractivity contribution in [3.63, 3.8) is 0 Å². The topological polar surface area (TPSA) is 54.2 Å². The summed E-state index contributed by atoms with van der Waals surface area (Å²) in [5.74, 6) is 2.11. The van der Waals surface area contributed by atoms with Crippen molar-refractivity contribution < 1.29 is 0 Å². The molecule has 0 saturated heterocycles. The molecule has 1 heterocycles. The molecule has 5 heteroatoms. The van der Waals surface area contributed by atoms with Crippen LogP contribution in [0.5, 0.6) is 0 Å². The lowest BCUT2D eigenvalue weighted by Gasteiger charge is -2.17. The molecule has 1 aromatic heterocycles. The van der Waals surface area contributed by atoms with Crippen LogP contribution >= 0.6 is 0 Å². The predicted molar refractivity (Wildman–Crippen MR) is 89.4 cm³/mol. The third-order valence-corrected chi connectivity index (χ3v) is 3.68. The molecular weight excluding hydrogens is 262 g/mol. The number of nitrogens with zero attached hydrogens (tertiary/aromatic N) is 3. The van der Waals surface area contributed by atoms with Crippen molar-refractivity contribution in [1.29, 1.82) is 0 Å². The molecule has 5 nitrogen and oxygen atoms in total. The van der Waals surface area contributed by atoms with E-state index in [2.05, 4.69) is 48.4 Å². The summed E-state index contributed by atoms with van der Waals surface area (Å²) in [6.45, 7) is 12.4. The summed E-state index contributed by atoms with van der Waals surface area (Å²) in [5, 5.41) is 11.0. The molecule has 0 aliphatic carbocycles. The Morgan fingerprint density at radius 3 is 2.57 bits per heavy atom. The minimum atomic E-state index is 0.466. The highest BCUT2D eigenvalue weighted by atomic mass is 15.3. The van der Waals surface area contributed by atoms with Gasteiger partial charge in [0.2, 0.25) is 0 Å². The van der Waals surface area contributed by atoms with E-state index in [9.17, 15) is 0 Å². The second kappa shape index (κ2) is 10.2. The first-order chi connectivity index (χ1) is 10.2. The molecule has 0 aliphatic heterocycles. The van der Waals surface area contributed by atoms with Crippen LogP contribution in [0.3, 0.4) is 0 Å². The SMILES string of the molecule is CCNC(=NCC(C)Cn1cccn1)NCC(CC)CC. The van der Waals surface area contributed by atoms with E-state index in [1.165, 1.54) is 12.8 Å². The first-order valence-corrected chi connectivity index (χ1v) is 8.19. The van der Waals surface area contributed by atoms with Gasteiger partial charge in [0.25, 0.3) is 0 Å². The Morgan fingerprint density at radius 1 is 1.24 bits per heavy atom. The average molecular weight is 293 g/mol. The minimum Gasteiger partial charge on any atom is -0.357 e. The molecular formula is C16H31N5. The summed E-state index contributed by atoms with van der Waals surface area (Å²) in [4.78, 5) is 4.69. The molecule has 2 N–H and O–H groups in total. The third-order valence-electron chi connectivity index (χ3n) is 3.68. The monoisotopic (exact) mass is 293 g/mol. The fourth-order valence-corrected chi connectivity index (χ4v) is 2.19. The zero-order valence-corrected chi connectivity index (χ0v) is 14.0. The van der Waals surface area contributed by atoms with E-state index < -0.39 is 0 Å². The van der Waals surface area contributed by atoms with Crippen molar-refractivity contribution in [2.45, 2.75) is 47.1 Å². The zero-order chi connectivity index (χ0) is 15.5. The fourth-order valence-electron chi connectivity index (χ4n) is 2.19. The fraction of sp³-hybridized carbons (Fsp3) is 0.750. The van der Waals surface area contributed by atoms with Crippen LogP contribution in [0.1, 0.15) is 40.5 Å². The molecule has 0 fully saturated rings. The molecule has 0 aliphatic rings. The molecule has 0 radical (unpaired) electrons. The van der Waals surface area contributed by atoms with E-state index in [0.29, 0.717) is 5.92 Å². The second-order valence-electron chi connectivity index (χ2n) is 5.62. The van der Waals surface area contributed by atoms with Gasteiger partial charge >= 0.3 is 0 Å². The quantitative estimate of drug-likeness (QED) is 0.543. The van der Waals surface area contributed by atoms with Gasteiger partial charge in [-0.2, -0.15) is 5.10 Å². The van der Waals surface area contributed by atoms with Gasteiger partial charge in [0, 0.05) is 38.6 Å². The average Bonchev–Trinajstić information content (AvgIpc) is 2.98. The standard InChI is InChI=1S/C16H31N5/c1-5-15(6-2)12-19-16(17-7-3)18-11-14(4)13-21-10-8-9-20-21/h8-10,14-15H,5-7,11-13H2,1-4H3,(H2,17,18,19). The van der Waals surface area contributed by atoms with Gasteiger partial charge in [-0.3, -0.25) is 9.67 Å². The Balaban J connectivity index is 2.42. The maximum Gasteiger partial charge on any atom is 0.191 e. The number of rotatable bonds is 9. The summed E-state index contributed by atoms with van der Waals surface area (Å²) >= 11 is 0. The lowest BCUT2D eigenvalue weighted by atomic mass is 10.0. The molecule has 21 heavy (non-hydrogen) atoms. The normalized spacial score (nSPS) is 13.5. The van der Waals surface area contributed by atoms with Crippen LogP contribution < -0.4 is 10.6 Å². The van der Waals surface area contributed by atoms with Crippen LogP contribution in [0.4, 0.5) is 0 Å². The van der Waals surface area contributed by atoms with Gasteiger partial charge in [0.05, 0.1) is 0 Å². The Morgan fingerprint density at radius 2 is 2.00 bits per heavy atom. The van der Waals surface area contributed by atoms with Crippen LogP contribution in [0.2, 0.25) is 0 Å². The molecule has 0 bridgehead atoms. The zero-order valence-electron chi connectivity index (χ0n) is 14.0. The lowest BCUT2D eigenvalue weighted by molar-refractivity contribution is 0.455. The summed E-state index contributed by atoms with van der Waals surface area (Å²) in [5.41, 5.74) is 0. The van der Waals surface area contributed by atoms with E-state index in [1.54, 1.807) is 0 Å². The smallest absolute Gasteiger partial charge is 0.191 e. The minimum absolute atomic E-state index is 0.466. The molecule has 1 rings (SSSR count). The number of nitrogens with one attached hydrogen (secondary N) is 2. The van der Waals surface area contributed by atoms with Gasteiger partial charge in [0.15, 0.2) is 5.96 Å². The molecule has 0 spiro atoms. The highest BCUT2D eigenvalue weighted by molar-refractivity contribution is 5.79. The number of guanidine groups is 1. The van der Waals surface area contributed by atoms with Crippen molar-refractivity contribution in [3.8, 4) is 0 Å². The van der Waals surface area contributed by atoms with Crippen molar-refractivity contribution in [2.75, 3.05) is 19.6 Å². The van der Waals surface area contributed by atoms with Gasteiger partial charge < -0.3 is 10.6 Å². The second-order valence-corrected chi connectivity index (χ2v) is 5.62. The predicted octanol–water partition coefficient (Wildman–Crippen LogP) is 2.51. The van der Waals surface area contributed by atoms with Crippen molar-refractivity contribution in [2.24, 2.45) is 16.8 Å². The summed E-state index contributed by atoms with van der Waals surface area (Å²) in [6.07, 6.45) is 6.23. The molecule has 0 aromatic carbocycles. The summed E-state index contributed by atoms with van der Waals surface area (Å²) < 4.78 is 1.96. The van der Waals surface area contributed by atoms with Gasteiger partial charge in [-0.1, -0.05) is 33.6 Å². The number of aliphatic imine (C=N–C) groups is 1. The van der Waals surface area contributed by atoms with Crippen LogP contribution in [0, 0.1) is 11.8 Å². The Labute approximate surface area is 129 Å². The van der Waals surface area contributed by atoms with Crippen LogP contribution in [-0.4, -0.2) is 35.4 Å². The maximum atomic E-state index is 4.69. The molecule has 120 valence electrons. The molecule has 0 amide bonds. The van der Waals surface area contributed by atoms with Gasteiger partial charge in [-0.05, 0) is 24.8 Å². The summed E-state index contributed by atoms with van der Waals surface area (Å²) in [6, 6.07) is 1.96.